The normalized spacial score (nSPS) is 15.1. The first-order valence-electron chi connectivity index (χ1n) is 11.8. The topological polar surface area (TPSA) is 110 Å². The number of ether oxygens (including phenoxy) is 1. The fraction of sp³-hybridized carbons (Fsp3) is 0.269. The molecule has 0 saturated carbocycles. The van der Waals surface area contributed by atoms with Gasteiger partial charge in [0.05, 0.1) is 16.7 Å². The first-order chi connectivity index (χ1) is 17.9. The van der Waals surface area contributed by atoms with E-state index in [1.807, 2.05) is 25.2 Å². The molecule has 1 aromatic carbocycles. The molecule has 190 valence electrons. The molecule has 0 bridgehead atoms. The number of nitrogens with zero attached hydrogens (tertiary/aromatic N) is 6. The number of oxazole rings is 1. The van der Waals surface area contributed by atoms with Gasteiger partial charge >= 0.3 is 0 Å². The lowest BCUT2D eigenvalue weighted by molar-refractivity contribution is -0.125. The SMILES string of the molecule is C=CC(=O)N1CC[C@H](N(C)c2ccc3ncnc(Nc4ccc(OCc5cnc(C)o5)c(Cl)c4)c3n2)C1. The summed E-state index contributed by atoms with van der Waals surface area (Å²) >= 11 is 6.47. The molecule has 37 heavy (non-hydrogen) atoms. The van der Waals surface area contributed by atoms with Crippen LogP contribution in [0.15, 0.2) is 59.9 Å². The number of carbonyl (C=O) groups excluding carboxylic acids is 1. The number of aryl methyl sites for hydroxylation is 1. The Kier molecular flexibility index (Phi) is 6.91. The van der Waals surface area contributed by atoms with Crippen LogP contribution in [0.4, 0.5) is 17.3 Å². The Morgan fingerprint density at radius 1 is 1.32 bits per heavy atom. The van der Waals surface area contributed by atoms with E-state index < -0.39 is 0 Å². The molecule has 1 aliphatic heterocycles. The van der Waals surface area contributed by atoms with Gasteiger partial charge in [-0.2, -0.15) is 0 Å². The van der Waals surface area contributed by atoms with Crippen LogP contribution in [0.5, 0.6) is 5.75 Å². The molecule has 0 unspecified atom stereocenters. The van der Waals surface area contributed by atoms with E-state index in [0.29, 0.717) is 52.4 Å². The van der Waals surface area contributed by atoms with Crippen molar-refractivity contribution in [2.45, 2.75) is 26.0 Å². The average molecular weight is 520 g/mol. The molecule has 4 aromatic rings. The maximum Gasteiger partial charge on any atom is 0.246 e. The van der Waals surface area contributed by atoms with Crippen LogP contribution in [-0.4, -0.2) is 56.9 Å². The maximum absolute atomic E-state index is 12.0. The van der Waals surface area contributed by atoms with Gasteiger partial charge in [0, 0.05) is 38.8 Å². The minimum Gasteiger partial charge on any atom is -0.484 e. The van der Waals surface area contributed by atoms with Crippen molar-refractivity contribution < 1.29 is 13.9 Å². The van der Waals surface area contributed by atoms with E-state index in [0.717, 1.165) is 17.9 Å². The predicted octanol–water partition coefficient (Wildman–Crippen LogP) is 4.52. The maximum atomic E-state index is 12.0. The number of rotatable bonds is 8. The van der Waals surface area contributed by atoms with E-state index in [-0.39, 0.29) is 18.6 Å². The third-order valence-corrected chi connectivity index (χ3v) is 6.56. The number of pyridine rings is 1. The van der Waals surface area contributed by atoms with Crippen LogP contribution in [0.1, 0.15) is 18.1 Å². The van der Waals surface area contributed by atoms with E-state index in [1.165, 1.54) is 12.4 Å². The summed E-state index contributed by atoms with van der Waals surface area (Å²) in [7, 11) is 1.98. The number of likely N-dealkylation sites (N-methyl/N-ethyl adjacent to an activating group) is 1. The van der Waals surface area contributed by atoms with Gasteiger partial charge in [-0.05, 0) is 42.8 Å². The Balaban J connectivity index is 1.33. The zero-order valence-corrected chi connectivity index (χ0v) is 21.3. The molecule has 10 nitrogen and oxygen atoms in total. The second kappa shape index (κ2) is 10.4. The molecular weight excluding hydrogens is 494 g/mol. The van der Waals surface area contributed by atoms with E-state index in [1.54, 1.807) is 30.2 Å². The molecule has 4 heterocycles. The first kappa shape index (κ1) is 24.5. The summed E-state index contributed by atoms with van der Waals surface area (Å²) in [5.41, 5.74) is 2.06. The summed E-state index contributed by atoms with van der Waals surface area (Å²) in [6.45, 7) is 6.91. The smallest absolute Gasteiger partial charge is 0.246 e. The molecule has 0 radical (unpaired) electrons. The van der Waals surface area contributed by atoms with Crippen LogP contribution in [0.2, 0.25) is 5.02 Å². The second-order valence-corrected chi connectivity index (χ2v) is 9.11. The monoisotopic (exact) mass is 519 g/mol. The van der Waals surface area contributed by atoms with Crippen molar-refractivity contribution in [3.63, 3.8) is 0 Å². The van der Waals surface area contributed by atoms with Crippen LogP contribution in [0.25, 0.3) is 11.0 Å². The minimum atomic E-state index is -0.0505. The van der Waals surface area contributed by atoms with Crippen molar-refractivity contribution in [3.8, 4) is 5.75 Å². The van der Waals surface area contributed by atoms with Gasteiger partial charge in [0.2, 0.25) is 5.91 Å². The van der Waals surface area contributed by atoms with Crippen molar-refractivity contribution >= 4 is 45.9 Å². The summed E-state index contributed by atoms with van der Waals surface area (Å²) < 4.78 is 11.2. The lowest BCUT2D eigenvalue weighted by atomic mass is 10.2. The molecule has 0 spiro atoms. The molecule has 3 aromatic heterocycles. The van der Waals surface area contributed by atoms with Crippen molar-refractivity contribution in [2.75, 3.05) is 30.4 Å². The predicted molar refractivity (Wildman–Crippen MR) is 141 cm³/mol. The Bertz CT molecular complexity index is 1460. The number of likely N-dealkylation sites (tertiary alicyclic amines) is 1. The van der Waals surface area contributed by atoms with Gasteiger partial charge in [-0.15, -0.1) is 0 Å². The highest BCUT2D eigenvalue weighted by atomic mass is 35.5. The molecule has 0 aliphatic carbocycles. The molecule has 11 heteroatoms. The molecule has 1 N–H and O–H groups in total. The molecular formula is C26H26ClN7O3. The summed E-state index contributed by atoms with van der Waals surface area (Å²) in [6, 6.07) is 9.38. The lowest BCUT2D eigenvalue weighted by Gasteiger charge is -2.26. The Morgan fingerprint density at radius 3 is 2.95 bits per heavy atom. The van der Waals surface area contributed by atoms with Gasteiger partial charge in [0.15, 0.2) is 17.5 Å². The standard InChI is InChI=1S/C26H26ClN7O3/c1-4-24(35)34-10-9-18(13-34)33(3)23-8-6-21-25(32-23)26(30-15-29-21)31-17-5-7-22(20(27)11-17)36-14-19-12-28-16(2)37-19/h4-8,11-12,15,18H,1,9-10,13-14H2,2-3H3,(H,29,30,31)/t18-/m0/s1. The zero-order valence-electron chi connectivity index (χ0n) is 20.5. The quantitative estimate of drug-likeness (QED) is 0.336. The van der Waals surface area contributed by atoms with E-state index in [9.17, 15) is 4.79 Å². The van der Waals surface area contributed by atoms with Gasteiger partial charge in [-0.25, -0.2) is 19.9 Å². The number of fused-ring (bicyclic) bond motifs is 1. The zero-order chi connectivity index (χ0) is 25.9. The van der Waals surface area contributed by atoms with Crippen molar-refractivity contribution in [1.29, 1.82) is 0 Å². The third-order valence-electron chi connectivity index (χ3n) is 6.26. The summed E-state index contributed by atoms with van der Waals surface area (Å²) in [6.07, 6.45) is 5.33. The second-order valence-electron chi connectivity index (χ2n) is 8.71. The summed E-state index contributed by atoms with van der Waals surface area (Å²) in [5.74, 6) is 3.00. The fourth-order valence-corrected chi connectivity index (χ4v) is 4.48. The highest BCUT2D eigenvalue weighted by Crippen LogP contribution is 2.31. The average Bonchev–Trinajstić information content (AvgIpc) is 3.57. The lowest BCUT2D eigenvalue weighted by Crippen LogP contribution is -2.36. The first-order valence-corrected chi connectivity index (χ1v) is 12.2. The number of hydrogen-bond acceptors (Lipinski definition) is 9. The number of benzene rings is 1. The Labute approximate surface area is 219 Å². The highest BCUT2D eigenvalue weighted by molar-refractivity contribution is 6.32. The van der Waals surface area contributed by atoms with E-state index in [4.69, 9.17) is 25.7 Å². The summed E-state index contributed by atoms with van der Waals surface area (Å²) in [5, 5.41) is 3.73. The number of carbonyl (C=O) groups is 1. The van der Waals surface area contributed by atoms with Crippen molar-refractivity contribution in [3.05, 3.63) is 72.2 Å². The van der Waals surface area contributed by atoms with Crippen LogP contribution < -0.4 is 15.0 Å². The van der Waals surface area contributed by atoms with E-state index in [2.05, 4.69) is 31.7 Å². The Hall–Kier alpha value is -4.18. The number of anilines is 3. The molecule has 1 amide bonds. The number of halogens is 1. The fourth-order valence-electron chi connectivity index (χ4n) is 4.25. The number of hydrogen-bond donors (Lipinski definition) is 1. The number of amides is 1. The van der Waals surface area contributed by atoms with Crippen LogP contribution >= 0.6 is 11.6 Å². The molecule has 1 atom stereocenters. The van der Waals surface area contributed by atoms with Gasteiger partial charge in [-0.1, -0.05) is 18.2 Å². The van der Waals surface area contributed by atoms with Crippen LogP contribution in [0.3, 0.4) is 0 Å². The molecule has 1 saturated heterocycles. The molecule has 1 fully saturated rings. The van der Waals surface area contributed by atoms with Crippen LogP contribution in [-0.2, 0) is 11.4 Å². The third kappa shape index (κ3) is 5.34. The van der Waals surface area contributed by atoms with Gasteiger partial charge < -0.3 is 24.3 Å². The van der Waals surface area contributed by atoms with Gasteiger partial charge in [0.1, 0.15) is 30.0 Å². The highest BCUT2D eigenvalue weighted by Gasteiger charge is 2.28. The minimum absolute atomic E-state index is 0.0505. The van der Waals surface area contributed by atoms with Crippen LogP contribution in [0, 0.1) is 6.92 Å². The van der Waals surface area contributed by atoms with Gasteiger partial charge in [0.25, 0.3) is 0 Å². The largest absolute Gasteiger partial charge is 0.484 e. The molecule has 1 aliphatic rings. The number of aromatic nitrogens is 4. The van der Waals surface area contributed by atoms with Crippen molar-refractivity contribution in [2.24, 2.45) is 0 Å². The number of nitrogens with one attached hydrogen (secondary N) is 1. The van der Waals surface area contributed by atoms with E-state index >= 15 is 0 Å². The Morgan fingerprint density at radius 2 is 2.19 bits per heavy atom. The van der Waals surface area contributed by atoms with Gasteiger partial charge in [-0.3, -0.25) is 4.79 Å². The molecule has 5 rings (SSSR count). The van der Waals surface area contributed by atoms with Crippen molar-refractivity contribution in [1.82, 2.24) is 24.8 Å². The summed E-state index contributed by atoms with van der Waals surface area (Å²) in [4.78, 5) is 33.6.